The van der Waals surface area contributed by atoms with Crippen molar-refractivity contribution in [1.29, 1.82) is 0 Å². The second-order valence-electron chi connectivity index (χ2n) is 5.01. The Labute approximate surface area is 87.0 Å². The van der Waals surface area contributed by atoms with Crippen molar-refractivity contribution in [3.63, 3.8) is 0 Å². The normalized spacial score (nSPS) is 35.4. The Morgan fingerprint density at radius 1 is 1.07 bits per heavy atom. The van der Waals surface area contributed by atoms with Gasteiger partial charge in [0.15, 0.2) is 0 Å². The van der Waals surface area contributed by atoms with Crippen LogP contribution in [0.15, 0.2) is 4.99 Å². The van der Waals surface area contributed by atoms with Gasteiger partial charge in [0.25, 0.3) is 0 Å². The third-order valence-electron chi connectivity index (χ3n) is 3.63. The van der Waals surface area contributed by atoms with Crippen molar-refractivity contribution in [3.8, 4) is 0 Å². The largest absolute Gasteiger partial charge is 0.387 e. The van der Waals surface area contributed by atoms with E-state index >= 15 is 0 Å². The average Bonchev–Trinajstić information content (AvgIpc) is 2.95. The molecule has 0 aromatic heterocycles. The Bertz CT molecular complexity index is 218. The summed E-state index contributed by atoms with van der Waals surface area (Å²) in [6.07, 6.45) is 9.26. The van der Waals surface area contributed by atoms with Gasteiger partial charge in [-0.05, 0) is 31.6 Å². The minimum Gasteiger partial charge on any atom is -0.387 e. The van der Waals surface area contributed by atoms with Gasteiger partial charge in [-0.1, -0.05) is 26.2 Å². The summed E-state index contributed by atoms with van der Waals surface area (Å²) >= 11 is 0. The van der Waals surface area contributed by atoms with Gasteiger partial charge in [0, 0.05) is 5.92 Å². The number of aliphatic imine (C=N–C) groups is 1. The van der Waals surface area contributed by atoms with Crippen molar-refractivity contribution in [1.82, 2.24) is 0 Å². The SMILES string of the molecule is CC1CCCCCC1N=C(N)C1CC1. The summed E-state index contributed by atoms with van der Waals surface area (Å²) in [5, 5.41) is 0. The Morgan fingerprint density at radius 2 is 1.79 bits per heavy atom. The molecular formula is C12H22N2. The number of hydrogen-bond donors (Lipinski definition) is 1. The highest BCUT2D eigenvalue weighted by Gasteiger charge is 2.27. The van der Waals surface area contributed by atoms with Gasteiger partial charge < -0.3 is 5.73 Å². The number of rotatable bonds is 2. The van der Waals surface area contributed by atoms with Crippen LogP contribution in [0.25, 0.3) is 0 Å². The zero-order valence-corrected chi connectivity index (χ0v) is 9.21. The van der Waals surface area contributed by atoms with Crippen LogP contribution < -0.4 is 5.73 Å². The third kappa shape index (κ3) is 2.49. The standard InChI is InChI=1S/C12H22N2/c1-9-5-3-2-4-6-11(9)14-12(13)10-7-8-10/h9-11H,2-8H2,1H3,(H2,13,14). The fourth-order valence-electron chi connectivity index (χ4n) is 2.34. The summed E-state index contributed by atoms with van der Waals surface area (Å²) in [4.78, 5) is 4.73. The molecule has 0 aromatic carbocycles. The Hall–Kier alpha value is -0.530. The first-order valence-corrected chi connectivity index (χ1v) is 6.10. The zero-order valence-electron chi connectivity index (χ0n) is 9.21. The van der Waals surface area contributed by atoms with Gasteiger partial charge in [-0.2, -0.15) is 0 Å². The van der Waals surface area contributed by atoms with Crippen molar-refractivity contribution >= 4 is 5.84 Å². The molecule has 2 N–H and O–H groups in total. The fourth-order valence-corrected chi connectivity index (χ4v) is 2.34. The monoisotopic (exact) mass is 194 g/mol. The van der Waals surface area contributed by atoms with Crippen LogP contribution in [0.5, 0.6) is 0 Å². The second kappa shape index (κ2) is 4.33. The van der Waals surface area contributed by atoms with E-state index in [0.717, 1.165) is 11.8 Å². The summed E-state index contributed by atoms with van der Waals surface area (Å²) in [5.41, 5.74) is 5.97. The molecule has 2 heteroatoms. The molecule has 2 saturated carbocycles. The van der Waals surface area contributed by atoms with Crippen LogP contribution in [0.1, 0.15) is 51.9 Å². The molecule has 0 amide bonds. The molecule has 2 rings (SSSR count). The molecule has 0 saturated heterocycles. The lowest BCUT2D eigenvalue weighted by molar-refractivity contribution is 0.433. The molecule has 0 aromatic rings. The van der Waals surface area contributed by atoms with Crippen LogP contribution in [-0.2, 0) is 0 Å². The Morgan fingerprint density at radius 3 is 2.50 bits per heavy atom. The molecule has 0 bridgehead atoms. The maximum Gasteiger partial charge on any atom is 0.0971 e. The minimum absolute atomic E-state index is 0.526. The first-order valence-electron chi connectivity index (χ1n) is 6.10. The van der Waals surface area contributed by atoms with E-state index < -0.39 is 0 Å². The van der Waals surface area contributed by atoms with Crippen molar-refractivity contribution in [3.05, 3.63) is 0 Å². The number of hydrogen-bond acceptors (Lipinski definition) is 1. The molecule has 2 fully saturated rings. The fraction of sp³-hybridized carbons (Fsp3) is 0.917. The van der Waals surface area contributed by atoms with E-state index in [4.69, 9.17) is 10.7 Å². The van der Waals surface area contributed by atoms with Gasteiger partial charge in [0.1, 0.15) is 0 Å². The van der Waals surface area contributed by atoms with Crippen LogP contribution in [-0.4, -0.2) is 11.9 Å². The first-order chi connectivity index (χ1) is 6.77. The number of nitrogens with zero attached hydrogens (tertiary/aromatic N) is 1. The van der Waals surface area contributed by atoms with Crippen molar-refractivity contribution in [2.75, 3.05) is 0 Å². The minimum atomic E-state index is 0.526. The maximum absolute atomic E-state index is 5.97. The van der Waals surface area contributed by atoms with Gasteiger partial charge in [-0.3, -0.25) is 4.99 Å². The van der Waals surface area contributed by atoms with E-state index in [1.807, 2.05) is 0 Å². The summed E-state index contributed by atoms with van der Waals surface area (Å²) < 4.78 is 0. The molecular weight excluding hydrogens is 172 g/mol. The maximum atomic E-state index is 5.97. The molecule has 2 aliphatic rings. The smallest absolute Gasteiger partial charge is 0.0971 e. The van der Waals surface area contributed by atoms with Crippen molar-refractivity contribution in [2.24, 2.45) is 22.6 Å². The van der Waals surface area contributed by atoms with Gasteiger partial charge in [-0.25, -0.2) is 0 Å². The molecule has 0 spiro atoms. The molecule has 2 atom stereocenters. The summed E-state index contributed by atoms with van der Waals surface area (Å²) in [5.74, 6) is 2.34. The molecule has 0 aliphatic heterocycles. The Balaban J connectivity index is 1.95. The highest BCUT2D eigenvalue weighted by molar-refractivity contribution is 5.85. The van der Waals surface area contributed by atoms with Gasteiger partial charge in [0.05, 0.1) is 11.9 Å². The molecule has 2 nitrogen and oxygen atoms in total. The van der Waals surface area contributed by atoms with Crippen LogP contribution in [0.2, 0.25) is 0 Å². The van der Waals surface area contributed by atoms with Gasteiger partial charge in [0.2, 0.25) is 0 Å². The molecule has 2 unspecified atom stereocenters. The van der Waals surface area contributed by atoms with Gasteiger partial charge in [-0.15, -0.1) is 0 Å². The summed E-state index contributed by atoms with van der Waals surface area (Å²) in [7, 11) is 0. The second-order valence-corrected chi connectivity index (χ2v) is 5.01. The lowest BCUT2D eigenvalue weighted by Gasteiger charge is -2.17. The predicted molar refractivity (Wildman–Crippen MR) is 60.4 cm³/mol. The molecule has 2 aliphatic carbocycles. The Kier molecular flexibility index (Phi) is 3.09. The van der Waals surface area contributed by atoms with E-state index in [9.17, 15) is 0 Å². The van der Waals surface area contributed by atoms with E-state index in [1.54, 1.807) is 0 Å². The lowest BCUT2D eigenvalue weighted by atomic mass is 9.97. The molecule has 0 heterocycles. The van der Waals surface area contributed by atoms with Crippen LogP contribution in [0.4, 0.5) is 0 Å². The van der Waals surface area contributed by atoms with E-state index in [-0.39, 0.29) is 0 Å². The summed E-state index contributed by atoms with van der Waals surface area (Å²) in [6.45, 7) is 2.33. The zero-order chi connectivity index (χ0) is 9.97. The predicted octanol–water partition coefficient (Wildman–Crippen LogP) is 2.72. The molecule has 14 heavy (non-hydrogen) atoms. The van der Waals surface area contributed by atoms with Crippen LogP contribution in [0, 0.1) is 11.8 Å². The molecule has 0 radical (unpaired) electrons. The molecule has 80 valence electrons. The van der Waals surface area contributed by atoms with Crippen molar-refractivity contribution in [2.45, 2.75) is 57.9 Å². The summed E-state index contributed by atoms with van der Waals surface area (Å²) in [6, 6.07) is 0.526. The average molecular weight is 194 g/mol. The van der Waals surface area contributed by atoms with E-state index in [2.05, 4.69) is 6.92 Å². The third-order valence-corrected chi connectivity index (χ3v) is 3.63. The highest BCUT2D eigenvalue weighted by atomic mass is 14.9. The quantitative estimate of drug-likeness (QED) is 0.410. The van der Waals surface area contributed by atoms with Crippen molar-refractivity contribution < 1.29 is 0 Å². The highest BCUT2D eigenvalue weighted by Crippen LogP contribution is 2.31. The van der Waals surface area contributed by atoms with E-state index in [1.165, 1.54) is 44.9 Å². The van der Waals surface area contributed by atoms with E-state index in [0.29, 0.717) is 12.0 Å². The number of amidine groups is 1. The topological polar surface area (TPSA) is 38.4 Å². The first kappa shape index (κ1) is 10.0. The number of nitrogens with two attached hydrogens (primary N) is 1. The van der Waals surface area contributed by atoms with Crippen LogP contribution in [0.3, 0.4) is 0 Å². The lowest BCUT2D eigenvalue weighted by Crippen LogP contribution is -2.22. The van der Waals surface area contributed by atoms with Gasteiger partial charge >= 0.3 is 0 Å². The van der Waals surface area contributed by atoms with Crippen LogP contribution >= 0.6 is 0 Å².